The smallest absolute Gasteiger partial charge is 0.266 e. The van der Waals surface area contributed by atoms with Crippen molar-refractivity contribution in [3.63, 3.8) is 0 Å². The Labute approximate surface area is 142 Å². The van der Waals surface area contributed by atoms with E-state index in [1.807, 2.05) is 44.5 Å². The van der Waals surface area contributed by atoms with Gasteiger partial charge in [-0.3, -0.25) is 4.79 Å². The molecule has 1 amide bonds. The van der Waals surface area contributed by atoms with E-state index in [9.17, 15) is 10.1 Å². The Morgan fingerprint density at radius 1 is 1.33 bits per heavy atom. The number of anilines is 1. The van der Waals surface area contributed by atoms with Crippen molar-refractivity contribution in [1.29, 1.82) is 5.26 Å². The number of nitriles is 1. The largest absolute Gasteiger partial charge is 0.494 e. The molecule has 2 aromatic rings. The van der Waals surface area contributed by atoms with Crippen molar-refractivity contribution in [3.05, 3.63) is 52.9 Å². The van der Waals surface area contributed by atoms with Crippen molar-refractivity contribution in [2.75, 3.05) is 11.9 Å². The van der Waals surface area contributed by atoms with E-state index in [-0.39, 0.29) is 5.57 Å². The fourth-order valence-corrected chi connectivity index (χ4v) is 2.33. The normalized spacial score (nSPS) is 11.0. The number of aryl methyl sites for hydroxylation is 1. The van der Waals surface area contributed by atoms with Crippen molar-refractivity contribution < 1.29 is 9.53 Å². The van der Waals surface area contributed by atoms with Crippen LogP contribution >= 0.6 is 0 Å². The van der Waals surface area contributed by atoms with Gasteiger partial charge < -0.3 is 14.6 Å². The van der Waals surface area contributed by atoms with Crippen molar-refractivity contribution in [3.8, 4) is 11.8 Å². The lowest BCUT2D eigenvalue weighted by molar-refractivity contribution is -0.112. The summed E-state index contributed by atoms with van der Waals surface area (Å²) in [5.41, 5.74) is 3.63. The van der Waals surface area contributed by atoms with Gasteiger partial charge in [0.1, 0.15) is 17.4 Å². The molecule has 0 saturated carbocycles. The van der Waals surface area contributed by atoms with E-state index in [0.717, 1.165) is 22.7 Å². The summed E-state index contributed by atoms with van der Waals surface area (Å²) in [4.78, 5) is 12.3. The van der Waals surface area contributed by atoms with E-state index in [4.69, 9.17) is 4.74 Å². The first kappa shape index (κ1) is 17.4. The molecule has 24 heavy (non-hydrogen) atoms. The zero-order valence-electron chi connectivity index (χ0n) is 14.4. The average molecular weight is 323 g/mol. The highest BCUT2D eigenvalue weighted by Gasteiger charge is 2.12. The van der Waals surface area contributed by atoms with Gasteiger partial charge in [-0.25, -0.2) is 0 Å². The molecule has 5 heteroatoms. The van der Waals surface area contributed by atoms with Gasteiger partial charge in [0.25, 0.3) is 5.91 Å². The second-order valence-corrected chi connectivity index (χ2v) is 5.47. The minimum atomic E-state index is -0.428. The van der Waals surface area contributed by atoms with Crippen LogP contribution in [-0.4, -0.2) is 17.1 Å². The van der Waals surface area contributed by atoms with Crippen molar-refractivity contribution in [2.24, 2.45) is 7.05 Å². The minimum Gasteiger partial charge on any atom is -0.494 e. The first-order chi connectivity index (χ1) is 11.5. The van der Waals surface area contributed by atoms with Gasteiger partial charge in [0.15, 0.2) is 0 Å². The molecule has 0 aliphatic heterocycles. The van der Waals surface area contributed by atoms with Gasteiger partial charge in [0.2, 0.25) is 0 Å². The molecular weight excluding hydrogens is 302 g/mol. The molecule has 1 heterocycles. The number of aromatic nitrogens is 1. The number of carbonyl (C=O) groups is 1. The topological polar surface area (TPSA) is 67.0 Å². The van der Waals surface area contributed by atoms with Gasteiger partial charge in [0, 0.05) is 24.1 Å². The monoisotopic (exact) mass is 323 g/mol. The van der Waals surface area contributed by atoms with Gasteiger partial charge in [-0.2, -0.15) is 5.26 Å². The number of rotatable bonds is 5. The highest BCUT2D eigenvalue weighted by atomic mass is 16.5. The predicted molar refractivity (Wildman–Crippen MR) is 94.7 cm³/mol. The Kier molecular flexibility index (Phi) is 5.43. The molecule has 1 aromatic carbocycles. The van der Waals surface area contributed by atoms with Crippen LogP contribution < -0.4 is 10.1 Å². The first-order valence-corrected chi connectivity index (χ1v) is 7.75. The third-order valence-electron chi connectivity index (χ3n) is 3.90. The summed E-state index contributed by atoms with van der Waals surface area (Å²) in [6.45, 7) is 6.43. The maximum absolute atomic E-state index is 12.3. The van der Waals surface area contributed by atoms with Crippen LogP contribution in [-0.2, 0) is 11.8 Å². The van der Waals surface area contributed by atoms with E-state index in [1.54, 1.807) is 30.3 Å². The number of hydrogen-bond donors (Lipinski definition) is 1. The van der Waals surface area contributed by atoms with Gasteiger partial charge in [-0.15, -0.1) is 0 Å². The van der Waals surface area contributed by atoms with Gasteiger partial charge in [0.05, 0.1) is 6.61 Å². The van der Waals surface area contributed by atoms with E-state index in [0.29, 0.717) is 12.3 Å². The van der Waals surface area contributed by atoms with Crippen molar-refractivity contribution in [2.45, 2.75) is 20.8 Å². The summed E-state index contributed by atoms with van der Waals surface area (Å²) >= 11 is 0. The molecule has 1 N–H and O–H groups in total. The lowest BCUT2D eigenvalue weighted by Crippen LogP contribution is -2.13. The van der Waals surface area contributed by atoms with Crippen molar-refractivity contribution in [1.82, 2.24) is 4.57 Å². The molecule has 0 fully saturated rings. The second kappa shape index (κ2) is 7.51. The van der Waals surface area contributed by atoms with Gasteiger partial charge >= 0.3 is 0 Å². The van der Waals surface area contributed by atoms with E-state index in [2.05, 4.69) is 5.32 Å². The zero-order valence-corrected chi connectivity index (χ0v) is 14.4. The van der Waals surface area contributed by atoms with Crippen LogP contribution in [0.1, 0.15) is 23.9 Å². The molecule has 2 rings (SSSR count). The molecule has 0 aliphatic carbocycles. The average Bonchev–Trinajstić information content (AvgIpc) is 2.81. The molecule has 0 bridgehead atoms. The number of benzene rings is 1. The number of amides is 1. The molecule has 0 spiro atoms. The zero-order chi connectivity index (χ0) is 17.7. The lowest BCUT2D eigenvalue weighted by Gasteiger charge is -2.06. The third kappa shape index (κ3) is 3.85. The molecule has 0 aliphatic rings. The highest BCUT2D eigenvalue weighted by Crippen LogP contribution is 2.19. The molecule has 1 aromatic heterocycles. The summed E-state index contributed by atoms with van der Waals surface area (Å²) in [6.07, 6.45) is 1.62. The highest BCUT2D eigenvalue weighted by molar-refractivity contribution is 6.09. The Morgan fingerprint density at radius 3 is 2.50 bits per heavy atom. The molecule has 0 saturated heterocycles. The van der Waals surface area contributed by atoms with Crippen LogP contribution in [0.5, 0.6) is 5.75 Å². The Morgan fingerprint density at radius 2 is 2.00 bits per heavy atom. The summed E-state index contributed by atoms with van der Waals surface area (Å²) in [5.74, 6) is 0.310. The second-order valence-electron chi connectivity index (χ2n) is 5.47. The summed E-state index contributed by atoms with van der Waals surface area (Å²) in [6, 6.07) is 11.0. The van der Waals surface area contributed by atoms with E-state index in [1.165, 1.54) is 0 Å². The van der Waals surface area contributed by atoms with Crippen molar-refractivity contribution >= 4 is 17.7 Å². The molecule has 5 nitrogen and oxygen atoms in total. The van der Waals surface area contributed by atoms with Crippen LogP contribution in [0, 0.1) is 25.2 Å². The number of ether oxygens (including phenoxy) is 1. The fourth-order valence-electron chi connectivity index (χ4n) is 2.33. The fraction of sp³-hybridized carbons (Fsp3) is 0.263. The molecule has 0 atom stereocenters. The number of nitrogens with one attached hydrogen (secondary N) is 1. The van der Waals surface area contributed by atoms with E-state index >= 15 is 0 Å². The van der Waals surface area contributed by atoms with Gasteiger partial charge in [-0.1, -0.05) is 0 Å². The minimum absolute atomic E-state index is 0.0672. The molecule has 0 radical (unpaired) electrons. The number of nitrogens with zero attached hydrogens (tertiary/aromatic N) is 2. The Hall–Kier alpha value is -3.00. The van der Waals surface area contributed by atoms with E-state index < -0.39 is 5.91 Å². The summed E-state index contributed by atoms with van der Waals surface area (Å²) in [7, 11) is 1.95. The summed E-state index contributed by atoms with van der Waals surface area (Å²) < 4.78 is 7.38. The standard InChI is InChI=1S/C19H21N3O2/c1-5-24-18-8-6-17(7-9-18)21-19(23)16(12-20)11-15-10-13(2)22(4)14(15)3/h6-11H,5H2,1-4H3,(H,21,23)/b16-11+. The maximum atomic E-state index is 12.3. The Bertz CT molecular complexity index is 808. The van der Waals surface area contributed by atoms with Crippen LogP contribution in [0.25, 0.3) is 6.08 Å². The quantitative estimate of drug-likeness (QED) is 0.675. The predicted octanol–water partition coefficient (Wildman–Crippen LogP) is 3.59. The van der Waals surface area contributed by atoms with Gasteiger partial charge in [-0.05, 0) is 62.7 Å². The molecular formula is C19H21N3O2. The maximum Gasteiger partial charge on any atom is 0.266 e. The SMILES string of the molecule is CCOc1ccc(NC(=O)/C(C#N)=C/c2cc(C)n(C)c2C)cc1. The third-order valence-corrected chi connectivity index (χ3v) is 3.90. The van der Waals surface area contributed by atoms with Crippen LogP contribution in [0.15, 0.2) is 35.9 Å². The molecule has 124 valence electrons. The number of hydrogen-bond acceptors (Lipinski definition) is 3. The summed E-state index contributed by atoms with van der Waals surface area (Å²) in [5, 5.41) is 12.0. The Balaban J connectivity index is 2.18. The molecule has 0 unspecified atom stereocenters. The van der Waals surface area contributed by atoms with Crippen LogP contribution in [0.4, 0.5) is 5.69 Å². The lowest BCUT2D eigenvalue weighted by atomic mass is 10.1. The number of carbonyl (C=O) groups excluding carboxylic acids is 1. The van der Waals surface area contributed by atoms with Crippen LogP contribution in [0.2, 0.25) is 0 Å². The van der Waals surface area contributed by atoms with Crippen LogP contribution in [0.3, 0.4) is 0 Å². The first-order valence-electron chi connectivity index (χ1n) is 7.75.